The number of ether oxygens (including phenoxy) is 1. The highest BCUT2D eigenvalue weighted by molar-refractivity contribution is 5.74. The van der Waals surface area contributed by atoms with E-state index in [1.54, 1.807) is 24.1 Å². The Labute approximate surface area is 166 Å². The summed E-state index contributed by atoms with van der Waals surface area (Å²) in [5.41, 5.74) is 3.22. The number of hydrogen-bond donors (Lipinski definition) is 1. The van der Waals surface area contributed by atoms with Crippen LogP contribution in [0.1, 0.15) is 29.7 Å². The topological polar surface area (TPSA) is 44.8 Å². The van der Waals surface area contributed by atoms with Crippen LogP contribution < -0.4 is 5.32 Å². The predicted molar refractivity (Wildman–Crippen MR) is 107 cm³/mol. The molecule has 1 N–H and O–H groups in total. The third kappa shape index (κ3) is 5.53. The van der Waals surface area contributed by atoms with Crippen molar-refractivity contribution < 1.29 is 13.9 Å². The average Bonchev–Trinajstić information content (AvgIpc) is 2.73. The summed E-state index contributed by atoms with van der Waals surface area (Å²) in [5.74, 6) is -0.278. The maximum atomic E-state index is 13.1. The van der Waals surface area contributed by atoms with E-state index in [9.17, 15) is 9.18 Å². The van der Waals surface area contributed by atoms with Gasteiger partial charge in [-0.2, -0.15) is 0 Å². The predicted octanol–water partition coefficient (Wildman–Crippen LogP) is 3.56. The fourth-order valence-corrected chi connectivity index (χ4v) is 3.22. The van der Waals surface area contributed by atoms with E-state index < -0.39 is 0 Å². The van der Waals surface area contributed by atoms with Crippen molar-refractivity contribution in [2.75, 3.05) is 33.4 Å². The van der Waals surface area contributed by atoms with Gasteiger partial charge in [0.15, 0.2) is 0 Å². The van der Waals surface area contributed by atoms with E-state index in [1.807, 2.05) is 6.92 Å². The van der Waals surface area contributed by atoms with Crippen LogP contribution in [0.25, 0.3) is 0 Å². The van der Waals surface area contributed by atoms with Gasteiger partial charge in [0.1, 0.15) is 5.82 Å². The zero-order chi connectivity index (χ0) is 19.9. The molecule has 1 atom stereocenters. The smallest absolute Gasteiger partial charge is 0.317 e. The first-order valence-electron chi connectivity index (χ1n) is 9.67. The lowest BCUT2D eigenvalue weighted by Crippen LogP contribution is -2.38. The summed E-state index contributed by atoms with van der Waals surface area (Å²) in [6, 6.07) is 14.3. The number of benzene rings is 2. The van der Waals surface area contributed by atoms with E-state index in [2.05, 4.69) is 34.5 Å². The third-order valence-corrected chi connectivity index (χ3v) is 5.23. The molecule has 3 rings (SSSR count). The van der Waals surface area contributed by atoms with Crippen LogP contribution in [0, 0.1) is 5.82 Å². The Morgan fingerprint density at radius 3 is 2.36 bits per heavy atom. The quantitative estimate of drug-likeness (QED) is 0.827. The van der Waals surface area contributed by atoms with Crippen molar-refractivity contribution in [2.45, 2.75) is 26.1 Å². The summed E-state index contributed by atoms with van der Waals surface area (Å²) in [6.45, 7) is 6.85. The molecule has 6 heteroatoms. The maximum absolute atomic E-state index is 13.1. The molecule has 150 valence electrons. The molecular weight excluding hydrogens is 357 g/mol. The zero-order valence-corrected chi connectivity index (χ0v) is 16.5. The summed E-state index contributed by atoms with van der Waals surface area (Å²) in [5, 5.41) is 2.95. The van der Waals surface area contributed by atoms with Gasteiger partial charge in [0.25, 0.3) is 0 Å². The lowest BCUT2D eigenvalue weighted by atomic mass is 10.1. The van der Waals surface area contributed by atoms with E-state index >= 15 is 0 Å². The van der Waals surface area contributed by atoms with Gasteiger partial charge in [-0.25, -0.2) is 9.18 Å². The second kappa shape index (κ2) is 9.66. The van der Waals surface area contributed by atoms with Crippen molar-refractivity contribution in [3.8, 4) is 0 Å². The Bertz CT molecular complexity index is 758. The summed E-state index contributed by atoms with van der Waals surface area (Å²) in [7, 11) is 1.74. The number of carbonyl (C=O) groups excluding carboxylic acids is 1. The molecule has 0 spiro atoms. The van der Waals surface area contributed by atoms with Crippen molar-refractivity contribution in [1.82, 2.24) is 15.1 Å². The lowest BCUT2D eigenvalue weighted by molar-refractivity contribution is 0.0342. The van der Waals surface area contributed by atoms with Crippen LogP contribution in [-0.4, -0.2) is 49.2 Å². The largest absolute Gasteiger partial charge is 0.379 e. The second-order valence-corrected chi connectivity index (χ2v) is 7.20. The van der Waals surface area contributed by atoms with Crippen molar-refractivity contribution in [3.05, 3.63) is 71.0 Å². The van der Waals surface area contributed by atoms with Crippen LogP contribution in [0.3, 0.4) is 0 Å². The molecule has 2 amide bonds. The first-order valence-corrected chi connectivity index (χ1v) is 9.67. The summed E-state index contributed by atoms with van der Waals surface area (Å²) >= 11 is 0. The number of nitrogens with zero attached hydrogens (tertiary/aromatic N) is 2. The molecule has 2 aromatic rings. The van der Waals surface area contributed by atoms with Crippen molar-refractivity contribution in [2.24, 2.45) is 0 Å². The Kier molecular flexibility index (Phi) is 7.01. The normalized spacial score (nSPS) is 15.8. The van der Waals surface area contributed by atoms with Gasteiger partial charge in [-0.3, -0.25) is 4.90 Å². The molecule has 1 aliphatic rings. The minimum Gasteiger partial charge on any atom is -0.379 e. The van der Waals surface area contributed by atoms with Crippen LogP contribution in [-0.2, 0) is 17.8 Å². The van der Waals surface area contributed by atoms with E-state index in [0.717, 1.165) is 44.0 Å². The van der Waals surface area contributed by atoms with Crippen molar-refractivity contribution in [3.63, 3.8) is 0 Å². The van der Waals surface area contributed by atoms with Crippen LogP contribution in [0.15, 0.2) is 48.5 Å². The number of urea groups is 1. The molecule has 1 heterocycles. The SMILES string of the molecule is CC(c1ccc(F)cc1)N(C)C(=O)NCc1ccc(CN2CCOCC2)cc1. The number of rotatable bonds is 6. The van der Waals surface area contributed by atoms with Gasteiger partial charge in [-0.05, 0) is 35.7 Å². The summed E-state index contributed by atoms with van der Waals surface area (Å²) < 4.78 is 18.5. The molecular formula is C22H28FN3O2. The number of nitrogens with one attached hydrogen (secondary N) is 1. The van der Waals surface area contributed by atoms with Gasteiger partial charge in [-0.1, -0.05) is 36.4 Å². The molecule has 0 radical (unpaired) electrons. The molecule has 1 fully saturated rings. The van der Waals surface area contributed by atoms with E-state index in [0.29, 0.717) is 6.54 Å². The summed E-state index contributed by atoms with van der Waals surface area (Å²) in [6.07, 6.45) is 0. The molecule has 1 saturated heterocycles. The van der Waals surface area contributed by atoms with Crippen LogP contribution in [0.5, 0.6) is 0 Å². The van der Waals surface area contributed by atoms with Crippen LogP contribution in [0.2, 0.25) is 0 Å². The molecule has 0 bridgehead atoms. The monoisotopic (exact) mass is 385 g/mol. The molecule has 0 saturated carbocycles. The van der Waals surface area contributed by atoms with E-state index in [1.165, 1.54) is 17.7 Å². The minimum atomic E-state index is -0.278. The molecule has 28 heavy (non-hydrogen) atoms. The highest BCUT2D eigenvalue weighted by Gasteiger charge is 2.17. The lowest BCUT2D eigenvalue weighted by Gasteiger charge is -2.26. The molecule has 0 aliphatic carbocycles. The van der Waals surface area contributed by atoms with Gasteiger partial charge < -0.3 is 15.0 Å². The van der Waals surface area contributed by atoms with E-state index in [-0.39, 0.29) is 17.9 Å². The third-order valence-electron chi connectivity index (χ3n) is 5.23. The highest BCUT2D eigenvalue weighted by Crippen LogP contribution is 2.19. The van der Waals surface area contributed by atoms with Crippen molar-refractivity contribution in [1.29, 1.82) is 0 Å². The fraction of sp³-hybridized carbons (Fsp3) is 0.409. The van der Waals surface area contributed by atoms with Crippen LogP contribution in [0.4, 0.5) is 9.18 Å². The first kappa shape index (κ1) is 20.3. The standard InChI is InChI=1S/C22H28FN3O2/c1-17(20-7-9-21(23)10-8-20)25(2)22(27)24-15-18-3-5-19(6-4-18)16-26-11-13-28-14-12-26/h3-10,17H,11-16H2,1-2H3,(H,24,27). The number of amides is 2. The number of hydrogen-bond acceptors (Lipinski definition) is 3. The molecule has 5 nitrogen and oxygen atoms in total. The highest BCUT2D eigenvalue weighted by atomic mass is 19.1. The average molecular weight is 385 g/mol. The Morgan fingerprint density at radius 1 is 1.11 bits per heavy atom. The van der Waals surface area contributed by atoms with Crippen molar-refractivity contribution >= 4 is 6.03 Å². The Morgan fingerprint density at radius 2 is 1.71 bits per heavy atom. The molecule has 0 aromatic heterocycles. The zero-order valence-electron chi connectivity index (χ0n) is 16.5. The fourth-order valence-electron chi connectivity index (χ4n) is 3.22. The van der Waals surface area contributed by atoms with Gasteiger partial charge in [0.05, 0.1) is 19.3 Å². The second-order valence-electron chi connectivity index (χ2n) is 7.20. The minimum absolute atomic E-state index is 0.142. The van der Waals surface area contributed by atoms with E-state index in [4.69, 9.17) is 4.74 Å². The Balaban J connectivity index is 1.48. The maximum Gasteiger partial charge on any atom is 0.317 e. The molecule has 2 aromatic carbocycles. The number of morpholine rings is 1. The number of halogens is 1. The van der Waals surface area contributed by atoms with Gasteiger partial charge in [0.2, 0.25) is 0 Å². The van der Waals surface area contributed by atoms with Crippen LogP contribution >= 0.6 is 0 Å². The molecule has 1 unspecified atom stereocenters. The number of carbonyl (C=O) groups is 1. The first-order chi connectivity index (χ1) is 13.5. The van der Waals surface area contributed by atoms with Gasteiger partial charge >= 0.3 is 6.03 Å². The van der Waals surface area contributed by atoms with Gasteiger partial charge in [0, 0.05) is 33.2 Å². The Hall–Kier alpha value is -2.44. The molecule has 1 aliphatic heterocycles. The van der Waals surface area contributed by atoms with Gasteiger partial charge in [-0.15, -0.1) is 0 Å². The summed E-state index contributed by atoms with van der Waals surface area (Å²) in [4.78, 5) is 16.5.